The van der Waals surface area contributed by atoms with Gasteiger partial charge in [0.15, 0.2) is 0 Å². The SMILES string of the molecule is COC(=O)c1ccc([N+](=O)[O-])c(N2CCC(n3cc(Cl)cn3)CC2)c1. The first kappa shape index (κ1) is 17.2. The molecule has 25 heavy (non-hydrogen) atoms. The van der Waals surface area contributed by atoms with E-state index < -0.39 is 10.9 Å². The van der Waals surface area contributed by atoms with Crippen molar-refractivity contribution in [3.05, 3.63) is 51.3 Å². The molecule has 0 unspecified atom stereocenters. The van der Waals surface area contributed by atoms with Crippen LogP contribution in [0.1, 0.15) is 29.2 Å². The van der Waals surface area contributed by atoms with E-state index in [2.05, 4.69) is 5.10 Å². The van der Waals surface area contributed by atoms with E-state index in [0.29, 0.717) is 29.4 Å². The Bertz CT molecular complexity index is 799. The molecule has 0 N–H and O–H groups in total. The number of esters is 1. The van der Waals surface area contributed by atoms with E-state index in [1.54, 1.807) is 12.4 Å². The first-order valence-electron chi connectivity index (χ1n) is 7.81. The molecular formula is C16H17ClN4O4. The lowest BCUT2D eigenvalue weighted by atomic mass is 10.0. The number of hydrogen-bond acceptors (Lipinski definition) is 6. The molecule has 2 heterocycles. The number of nitro benzene ring substituents is 1. The summed E-state index contributed by atoms with van der Waals surface area (Å²) in [6.45, 7) is 1.24. The average molecular weight is 365 g/mol. The fourth-order valence-electron chi connectivity index (χ4n) is 3.06. The number of halogens is 1. The van der Waals surface area contributed by atoms with Gasteiger partial charge in [-0.05, 0) is 25.0 Å². The van der Waals surface area contributed by atoms with Crippen LogP contribution in [0.5, 0.6) is 0 Å². The second-order valence-electron chi connectivity index (χ2n) is 5.81. The van der Waals surface area contributed by atoms with E-state index in [0.717, 1.165) is 12.8 Å². The van der Waals surface area contributed by atoms with Crippen molar-refractivity contribution >= 4 is 28.9 Å². The minimum Gasteiger partial charge on any atom is -0.465 e. The molecule has 1 aromatic carbocycles. The Morgan fingerprint density at radius 1 is 1.40 bits per heavy atom. The maximum absolute atomic E-state index is 11.7. The zero-order chi connectivity index (χ0) is 18.0. The van der Waals surface area contributed by atoms with Gasteiger partial charge >= 0.3 is 5.97 Å². The highest BCUT2D eigenvalue weighted by atomic mass is 35.5. The summed E-state index contributed by atoms with van der Waals surface area (Å²) in [7, 11) is 1.28. The van der Waals surface area contributed by atoms with Crippen molar-refractivity contribution < 1.29 is 14.5 Å². The van der Waals surface area contributed by atoms with Crippen LogP contribution in [0.15, 0.2) is 30.6 Å². The molecule has 1 aromatic heterocycles. The fourth-order valence-corrected chi connectivity index (χ4v) is 3.21. The molecule has 9 heteroatoms. The highest BCUT2D eigenvalue weighted by Gasteiger charge is 2.27. The van der Waals surface area contributed by atoms with Crippen LogP contribution in [0, 0.1) is 10.1 Å². The second-order valence-corrected chi connectivity index (χ2v) is 6.25. The monoisotopic (exact) mass is 364 g/mol. The standard InChI is InChI=1S/C16H17ClN4O4/c1-25-16(22)11-2-3-14(21(23)24)15(8-11)19-6-4-13(5-7-19)20-10-12(17)9-18-20/h2-3,8-10,13H,4-7H2,1H3. The van der Waals surface area contributed by atoms with Gasteiger partial charge in [0.05, 0.1) is 34.9 Å². The van der Waals surface area contributed by atoms with E-state index in [4.69, 9.17) is 16.3 Å². The number of nitrogens with zero attached hydrogens (tertiary/aromatic N) is 4. The maximum atomic E-state index is 11.7. The van der Waals surface area contributed by atoms with Crippen LogP contribution in [0.2, 0.25) is 5.02 Å². The van der Waals surface area contributed by atoms with E-state index in [9.17, 15) is 14.9 Å². The second kappa shape index (κ2) is 7.10. The molecule has 1 aliphatic heterocycles. The quantitative estimate of drug-likeness (QED) is 0.470. The van der Waals surface area contributed by atoms with Crippen molar-refractivity contribution in [1.82, 2.24) is 9.78 Å². The Balaban J connectivity index is 1.81. The van der Waals surface area contributed by atoms with Crippen LogP contribution in [0.25, 0.3) is 0 Å². The van der Waals surface area contributed by atoms with Crippen LogP contribution in [-0.2, 0) is 4.74 Å². The number of carbonyl (C=O) groups excluding carboxylic acids is 1. The Labute approximate surface area is 149 Å². The van der Waals surface area contributed by atoms with Crippen LogP contribution in [0.3, 0.4) is 0 Å². The number of methoxy groups -OCH3 is 1. The molecule has 1 saturated heterocycles. The number of ether oxygens (including phenoxy) is 1. The number of carbonyl (C=O) groups is 1. The van der Waals surface area contributed by atoms with Gasteiger partial charge < -0.3 is 9.64 Å². The van der Waals surface area contributed by atoms with Gasteiger partial charge in [-0.2, -0.15) is 5.10 Å². The van der Waals surface area contributed by atoms with Gasteiger partial charge in [-0.1, -0.05) is 11.6 Å². The summed E-state index contributed by atoms with van der Waals surface area (Å²) in [4.78, 5) is 24.6. The number of piperidine rings is 1. The Morgan fingerprint density at radius 2 is 2.12 bits per heavy atom. The normalized spacial score (nSPS) is 15.2. The van der Waals surface area contributed by atoms with Crippen molar-refractivity contribution in [3.8, 4) is 0 Å². The van der Waals surface area contributed by atoms with Crippen LogP contribution >= 0.6 is 11.6 Å². The number of anilines is 1. The summed E-state index contributed by atoms with van der Waals surface area (Å²) in [6.07, 6.45) is 4.93. The molecule has 132 valence electrons. The molecule has 2 aromatic rings. The van der Waals surface area contributed by atoms with Crippen LogP contribution < -0.4 is 4.90 Å². The highest BCUT2D eigenvalue weighted by molar-refractivity contribution is 6.30. The Morgan fingerprint density at radius 3 is 2.68 bits per heavy atom. The van der Waals surface area contributed by atoms with Gasteiger partial charge in [0, 0.05) is 25.4 Å². The number of aromatic nitrogens is 2. The van der Waals surface area contributed by atoms with E-state index in [-0.39, 0.29) is 11.7 Å². The van der Waals surface area contributed by atoms with E-state index in [1.165, 1.54) is 25.3 Å². The molecule has 0 saturated carbocycles. The zero-order valence-electron chi connectivity index (χ0n) is 13.6. The summed E-state index contributed by atoms with van der Waals surface area (Å²) in [5.41, 5.74) is 0.710. The minimum atomic E-state index is -0.516. The Hall–Kier alpha value is -2.61. The predicted octanol–water partition coefficient (Wildman–Crippen LogP) is 3.07. The Kier molecular flexibility index (Phi) is 4.89. The molecule has 1 fully saturated rings. The van der Waals surface area contributed by atoms with E-state index >= 15 is 0 Å². The maximum Gasteiger partial charge on any atom is 0.337 e. The third-order valence-corrected chi connectivity index (χ3v) is 4.54. The molecule has 0 radical (unpaired) electrons. The van der Waals surface area contributed by atoms with Gasteiger partial charge in [-0.3, -0.25) is 14.8 Å². The lowest BCUT2D eigenvalue weighted by Gasteiger charge is -2.33. The van der Waals surface area contributed by atoms with Gasteiger partial charge in [-0.25, -0.2) is 4.79 Å². The minimum absolute atomic E-state index is 0.0202. The molecule has 8 nitrogen and oxygen atoms in total. The summed E-state index contributed by atoms with van der Waals surface area (Å²) < 4.78 is 6.54. The van der Waals surface area contributed by atoms with Crippen LogP contribution in [0.4, 0.5) is 11.4 Å². The number of rotatable bonds is 4. The lowest BCUT2D eigenvalue weighted by molar-refractivity contribution is -0.384. The molecule has 0 bridgehead atoms. The molecule has 3 rings (SSSR count). The molecule has 0 atom stereocenters. The van der Waals surface area contributed by atoms with Crippen molar-refractivity contribution in [2.24, 2.45) is 0 Å². The molecule has 0 spiro atoms. The van der Waals surface area contributed by atoms with Crippen molar-refractivity contribution in [2.75, 3.05) is 25.1 Å². The molecule has 1 aliphatic rings. The average Bonchev–Trinajstić information content (AvgIpc) is 3.07. The largest absolute Gasteiger partial charge is 0.465 e. The summed E-state index contributed by atoms with van der Waals surface area (Å²) in [5, 5.41) is 16.2. The highest BCUT2D eigenvalue weighted by Crippen LogP contribution is 2.33. The van der Waals surface area contributed by atoms with Crippen molar-refractivity contribution in [1.29, 1.82) is 0 Å². The van der Waals surface area contributed by atoms with Gasteiger partial charge in [-0.15, -0.1) is 0 Å². The zero-order valence-corrected chi connectivity index (χ0v) is 14.3. The summed E-state index contributed by atoms with van der Waals surface area (Å²) >= 11 is 5.91. The molecular weight excluding hydrogens is 348 g/mol. The molecule has 0 amide bonds. The third-order valence-electron chi connectivity index (χ3n) is 4.34. The molecule has 0 aliphatic carbocycles. The topological polar surface area (TPSA) is 90.5 Å². The third kappa shape index (κ3) is 3.58. The first-order valence-corrected chi connectivity index (χ1v) is 8.18. The fraction of sp³-hybridized carbons (Fsp3) is 0.375. The first-order chi connectivity index (χ1) is 12.0. The van der Waals surface area contributed by atoms with Crippen molar-refractivity contribution in [3.63, 3.8) is 0 Å². The summed E-state index contributed by atoms with van der Waals surface area (Å²) in [5.74, 6) is -0.516. The smallest absolute Gasteiger partial charge is 0.337 e. The summed E-state index contributed by atoms with van der Waals surface area (Å²) in [6, 6.07) is 4.48. The number of hydrogen-bond donors (Lipinski definition) is 0. The number of nitro groups is 1. The van der Waals surface area contributed by atoms with Gasteiger partial charge in [0.25, 0.3) is 5.69 Å². The van der Waals surface area contributed by atoms with E-state index in [1.807, 2.05) is 9.58 Å². The lowest BCUT2D eigenvalue weighted by Crippen LogP contribution is -2.35. The van der Waals surface area contributed by atoms with Gasteiger partial charge in [0.1, 0.15) is 5.69 Å². The van der Waals surface area contributed by atoms with Crippen LogP contribution in [-0.4, -0.2) is 40.9 Å². The number of benzene rings is 1. The predicted molar refractivity (Wildman–Crippen MR) is 92.2 cm³/mol. The van der Waals surface area contributed by atoms with Crippen molar-refractivity contribution in [2.45, 2.75) is 18.9 Å². The van der Waals surface area contributed by atoms with Gasteiger partial charge in [0.2, 0.25) is 0 Å².